The Kier molecular flexibility index (Phi) is 4.37. The van der Waals surface area contributed by atoms with Crippen LogP contribution >= 0.6 is 0 Å². The minimum atomic E-state index is -0.0966. The van der Waals surface area contributed by atoms with E-state index in [0.29, 0.717) is 13.2 Å². The summed E-state index contributed by atoms with van der Waals surface area (Å²) in [6.07, 6.45) is 0.756. The molecule has 23 heavy (non-hydrogen) atoms. The highest BCUT2D eigenvalue weighted by Crippen LogP contribution is 2.28. The third-order valence-corrected chi connectivity index (χ3v) is 4.51. The Balaban J connectivity index is 1.68. The van der Waals surface area contributed by atoms with Crippen molar-refractivity contribution in [3.63, 3.8) is 0 Å². The van der Waals surface area contributed by atoms with Gasteiger partial charge in [0.05, 0.1) is 5.92 Å². The Morgan fingerprint density at radius 1 is 1.22 bits per heavy atom. The molecule has 3 heteroatoms. The van der Waals surface area contributed by atoms with E-state index in [1.54, 1.807) is 0 Å². The number of para-hydroxylation sites is 1. The molecule has 0 N–H and O–H groups in total. The number of benzene rings is 2. The maximum absolute atomic E-state index is 12.7. The molecule has 3 nitrogen and oxygen atoms in total. The molecular weight excluding hydrogens is 286 g/mol. The number of aryl methyl sites for hydroxylation is 2. The zero-order valence-corrected chi connectivity index (χ0v) is 14.0. The van der Waals surface area contributed by atoms with E-state index in [1.165, 1.54) is 16.7 Å². The molecule has 3 rings (SSSR count). The number of carbonyl (C=O) groups excluding carboxylic acids is 1. The summed E-state index contributed by atoms with van der Waals surface area (Å²) in [6, 6.07) is 14.3. The van der Waals surface area contributed by atoms with Gasteiger partial charge in [0.25, 0.3) is 0 Å². The van der Waals surface area contributed by atoms with Crippen LogP contribution in [0.25, 0.3) is 0 Å². The molecular formula is C20H23NO2. The average molecular weight is 309 g/mol. The second-order valence-electron chi connectivity index (χ2n) is 6.44. The van der Waals surface area contributed by atoms with Gasteiger partial charge in [-0.3, -0.25) is 4.79 Å². The van der Waals surface area contributed by atoms with Crippen LogP contribution in [-0.2, 0) is 17.8 Å². The van der Waals surface area contributed by atoms with Crippen LogP contribution in [0.3, 0.4) is 0 Å². The van der Waals surface area contributed by atoms with Gasteiger partial charge in [-0.05, 0) is 43.0 Å². The molecule has 1 unspecified atom stereocenters. The van der Waals surface area contributed by atoms with Gasteiger partial charge in [-0.25, -0.2) is 0 Å². The minimum Gasteiger partial charge on any atom is -0.492 e. The third kappa shape index (κ3) is 3.39. The molecule has 0 spiro atoms. The summed E-state index contributed by atoms with van der Waals surface area (Å²) in [5.41, 5.74) is 4.80. The predicted molar refractivity (Wildman–Crippen MR) is 91.5 cm³/mol. The van der Waals surface area contributed by atoms with E-state index in [4.69, 9.17) is 4.74 Å². The number of nitrogens with zero attached hydrogens (tertiary/aromatic N) is 1. The highest BCUT2D eigenvalue weighted by atomic mass is 16.5. The molecule has 1 amide bonds. The quantitative estimate of drug-likeness (QED) is 0.868. The van der Waals surface area contributed by atoms with Gasteiger partial charge in [0.2, 0.25) is 5.91 Å². The lowest BCUT2D eigenvalue weighted by Crippen LogP contribution is -2.38. The van der Waals surface area contributed by atoms with Crippen LogP contribution in [0.15, 0.2) is 42.5 Å². The number of rotatable bonds is 3. The Bertz CT molecular complexity index is 723. The maximum Gasteiger partial charge on any atom is 0.229 e. The second-order valence-corrected chi connectivity index (χ2v) is 6.44. The van der Waals surface area contributed by atoms with Gasteiger partial charge in [-0.1, -0.05) is 42.0 Å². The van der Waals surface area contributed by atoms with Crippen molar-refractivity contribution in [2.24, 2.45) is 5.92 Å². The molecule has 1 atom stereocenters. The van der Waals surface area contributed by atoms with E-state index in [1.807, 2.05) is 36.2 Å². The molecule has 0 bridgehead atoms. The van der Waals surface area contributed by atoms with Crippen molar-refractivity contribution in [2.45, 2.75) is 26.8 Å². The van der Waals surface area contributed by atoms with Gasteiger partial charge in [0, 0.05) is 13.6 Å². The van der Waals surface area contributed by atoms with Gasteiger partial charge in [-0.2, -0.15) is 0 Å². The summed E-state index contributed by atoms with van der Waals surface area (Å²) >= 11 is 0. The highest BCUT2D eigenvalue weighted by molar-refractivity contribution is 5.79. The Hall–Kier alpha value is -2.29. The SMILES string of the molecule is Cc1ccc(CN(C)C(=O)C2COc3ccccc3C2)c(C)c1. The van der Waals surface area contributed by atoms with E-state index >= 15 is 0 Å². The molecule has 0 radical (unpaired) electrons. The molecule has 2 aromatic carbocycles. The number of fused-ring (bicyclic) bond motifs is 1. The van der Waals surface area contributed by atoms with Crippen LogP contribution in [0.4, 0.5) is 0 Å². The minimum absolute atomic E-state index is 0.0966. The highest BCUT2D eigenvalue weighted by Gasteiger charge is 2.28. The van der Waals surface area contributed by atoms with E-state index < -0.39 is 0 Å². The van der Waals surface area contributed by atoms with Crippen LogP contribution in [0.5, 0.6) is 5.75 Å². The number of ether oxygens (including phenoxy) is 1. The molecule has 0 saturated heterocycles. The first-order valence-electron chi connectivity index (χ1n) is 8.06. The second kappa shape index (κ2) is 6.45. The first-order chi connectivity index (χ1) is 11.0. The Morgan fingerprint density at radius 3 is 2.78 bits per heavy atom. The van der Waals surface area contributed by atoms with Gasteiger partial charge >= 0.3 is 0 Å². The van der Waals surface area contributed by atoms with Crippen molar-refractivity contribution >= 4 is 5.91 Å². The predicted octanol–water partition coefficient (Wildman–Crippen LogP) is 3.51. The van der Waals surface area contributed by atoms with Crippen molar-refractivity contribution in [3.05, 3.63) is 64.7 Å². The average Bonchev–Trinajstić information content (AvgIpc) is 2.56. The van der Waals surface area contributed by atoms with E-state index in [0.717, 1.165) is 17.7 Å². The van der Waals surface area contributed by atoms with Crippen molar-refractivity contribution in [2.75, 3.05) is 13.7 Å². The monoisotopic (exact) mass is 309 g/mol. The number of amides is 1. The molecule has 120 valence electrons. The molecule has 2 aromatic rings. The van der Waals surface area contributed by atoms with Gasteiger partial charge in [0.15, 0.2) is 0 Å². The van der Waals surface area contributed by atoms with Gasteiger partial charge in [0.1, 0.15) is 12.4 Å². The Labute approximate surface area is 137 Å². The summed E-state index contributed by atoms with van der Waals surface area (Å²) in [5, 5.41) is 0. The van der Waals surface area contributed by atoms with Crippen LogP contribution in [0.1, 0.15) is 22.3 Å². The van der Waals surface area contributed by atoms with Crippen molar-refractivity contribution < 1.29 is 9.53 Å². The zero-order chi connectivity index (χ0) is 16.4. The fourth-order valence-corrected chi connectivity index (χ4v) is 3.15. The lowest BCUT2D eigenvalue weighted by molar-refractivity contribution is -0.136. The number of carbonyl (C=O) groups is 1. The first-order valence-corrected chi connectivity index (χ1v) is 8.06. The van der Waals surface area contributed by atoms with Crippen LogP contribution in [0, 0.1) is 19.8 Å². The van der Waals surface area contributed by atoms with Crippen molar-refractivity contribution in [1.29, 1.82) is 0 Å². The molecule has 0 saturated carbocycles. The number of hydrogen-bond donors (Lipinski definition) is 0. The fraction of sp³-hybridized carbons (Fsp3) is 0.350. The first kappa shape index (κ1) is 15.6. The molecule has 1 aliphatic heterocycles. The lowest BCUT2D eigenvalue weighted by atomic mass is 9.95. The van der Waals surface area contributed by atoms with Crippen LogP contribution < -0.4 is 4.74 Å². The molecule has 0 aromatic heterocycles. The smallest absolute Gasteiger partial charge is 0.229 e. The zero-order valence-electron chi connectivity index (χ0n) is 14.0. The molecule has 0 aliphatic carbocycles. The van der Waals surface area contributed by atoms with Crippen LogP contribution in [0.2, 0.25) is 0 Å². The fourth-order valence-electron chi connectivity index (χ4n) is 3.15. The van der Waals surface area contributed by atoms with Crippen molar-refractivity contribution in [1.82, 2.24) is 4.90 Å². The van der Waals surface area contributed by atoms with E-state index in [9.17, 15) is 4.79 Å². The molecule has 1 aliphatic rings. The third-order valence-electron chi connectivity index (χ3n) is 4.51. The largest absolute Gasteiger partial charge is 0.492 e. The standard InChI is InChI=1S/C20H23NO2/c1-14-8-9-17(15(2)10-14)12-21(3)20(22)18-11-16-6-4-5-7-19(16)23-13-18/h4-10,18H,11-13H2,1-3H3. The van der Waals surface area contributed by atoms with Crippen molar-refractivity contribution in [3.8, 4) is 5.75 Å². The normalized spacial score (nSPS) is 16.4. The van der Waals surface area contributed by atoms with E-state index in [-0.39, 0.29) is 11.8 Å². The summed E-state index contributed by atoms with van der Waals surface area (Å²) in [7, 11) is 1.88. The molecule has 1 heterocycles. The van der Waals surface area contributed by atoms with E-state index in [2.05, 4.69) is 32.0 Å². The summed E-state index contributed by atoms with van der Waals surface area (Å²) in [4.78, 5) is 14.6. The summed E-state index contributed by atoms with van der Waals surface area (Å²) < 4.78 is 5.75. The van der Waals surface area contributed by atoms with Gasteiger partial charge < -0.3 is 9.64 Å². The van der Waals surface area contributed by atoms with Gasteiger partial charge in [-0.15, -0.1) is 0 Å². The molecule has 0 fully saturated rings. The maximum atomic E-state index is 12.7. The summed E-state index contributed by atoms with van der Waals surface area (Å²) in [5.74, 6) is 0.966. The number of hydrogen-bond acceptors (Lipinski definition) is 2. The lowest BCUT2D eigenvalue weighted by Gasteiger charge is -2.28. The van der Waals surface area contributed by atoms with Crippen LogP contribution in [-0.4, -0.2) is 24.5 Å². The summed E-state index contributed by atoms with van der Waals surface area (Å²) in [6.45, 7) is 5.29. The Morgan fingerprint density at radius 2 is 2.00 bits per heavy atom. The topological polar surface area (TPSA) is 29.5 Å².